The number of carbonyl (C=O) groups is 1. The fraction of sp³-hybridized carbons (Fsp3) is 0.667. The fourth-order valence-corrected chi connectivity index (χ4v) is 2.86. The van der Waals surface area contributed by atoms with Crippen LogP contribution in [0.5, 0.6) is 0 Å². The Bertz CT molecular complexity index is 406. The lowest BCUT2D eigenvalue weighted by Gasteiger charge is -2.07. The summed E-state index contributed by atoms with van der Waals surface area (Å²) in [5, 5.41) is 5.75. The van der Waals surface area contributed by atoms with Crippen LogP contribution in [0, 0.1) is 0 Å². The van der Waals surface area contributed by atoms with Gasteiger partial charge in [0.25, 0.3) is 0 Å². The second-order valence-electron chi connectivity index (χ2n) is 6.64. The summed E-state index contributed by atoms with van der Waals surface area (Å²) in [6.07, 6.45) is 16.1. The van der Waals surface area contributed by atoms with E-state index in [0.29, 0.717) is 0 Å². The van der Waals surface area contributed by atoms with Crippen molar-refractivity contribution >= 4 is 11.7 Å². The molecule has 0 aliphatic heterocycles. The Morgan fingerprint density at radius 1 is 0.750 bits per heavy atom. The van der Waals surface area contributed by atoms with Crippen molar-refractivity contribution in [1.82, 2.24) is 5.32 Å². The maximum Gasteiger partial charge on any atom is 0.319 e. The maximum atomic E-state index is 11.7. The summed E-state index contributed by atoms with van der Waals surface area (Å²) in [6, 6.07) is 9.45. The molecular weight excluding hydrogens is 296 g/mol. The Morgan fingerprint density at radius 3 is 1.79 bits per heavy atom. The number of urea groups is 1. The number of rotatable bonds is 14. The molecule has 0 saturated carbocycles. The Labute approximate surface area is 148 Å². The Morgan fingerprint density at radius 2 is 1.25 bits per heavy atom. The lowest BCUT2D eigenvalue weighted by Crippen LogP contribution is -2.29. The number of amides is 2. The average Bonchev–Trinajstić information content (AvgIpc) is 2.60. The smallest absolute Gasteiger partial charge is 0.319 e. The highest BCUT2D eigenvalue weighted by atomic mass is 16.2. The fourth-order valence-electron chi connectivity index (χ4n) is 2.86. The minimum absolute atomic E-state index is 0.107. The number of anilines is 1. The van der Waals surface area contributed by atoms with Crippen LogP contribution < -0.4 is 10.6 Å². The molecule has 0 spiro atoms. The van der Waals surface area contributed by atoms with Crippen molar-refractivity contribution in [1.29, 1.82) is 0 Å². The average molecular weight is 333 g/mol. The first-order valence-electron chi connectivity index (χ1n) is 9.93. The van der Waals surface area contributed by atoms with Crippen LogP contribution in [0.25, 0.3) is 0 Å². The van der Waals surface area contributed by atoms with Gasteiger partial charge in [-0.05, 0) is 18.6 Å². The molecule has 3 nitrogen and oxygen atoms in total. The van der Waals surface area contributed by atoms with E-state index in [4.69, 9.17) is 0 Å². The highest BCUT2D eigenvalue weighted by Crippen LogP contribution is 2.11. The minimum Gasteiger partial charge on any atom is -0.338 e. The summed E-state index contributed by atoms with van der Waals surface area (Å²) in [5.41, 5.74) is 0.838. The number of unbranched alkanes of at least 4 members (excludes halogenated alkanes) is 11. The summed E-state index contributed by atoms with van der Waals surface area (Å²) < 4.78 is 0. The molecule has 0 aliphatic carbocycles. The summed E-state index contributed by atoms with van der Waals surface area (Å²) in [5.74, 6) is 0. The molecule has 24 heavy (non-hydrogen) atoms. The van der Waals surface area contributed by atoms with Gasteiger partial charge in [-0.1, -0.05) is 95.8 Å². The first-order chi connectivity index (χ1) is 11.8. The molecule has 136 valence electrons. The summed E-state index contributed by atoms with van der Waals surface area (Å²) in [6.45, 7) is 3.03. The zero-order valence-electron chi connectivity index (χ0n) is 15.5. The van der Waals surface area contributed by atoms with Crippen LogP contribution in [0.2, 0.25) is 0 Å². The largest absolute Gasteiger partial charge is 0.338 e. The van der Waals surface area contributed by atoms with Crippen LogP contribution in [0.15, 0.2) is 30.3 Å². The molecule has 0 bridgehead atoms. The van der Waals surface area contributed by atoms with E-state index in [0.717, 1.165) is 18.7 Å². The number of carbonyl (C=O) groups excluding carboxylic acids is 1. The van der Waals surface area contributed by atoms with Gasteiger partial charge in [0.2, 0.25) is 0 Å². The molecule has 0 aromatic heterocycles. The zero-order valence-corrected chi connectivity index (χ0v) is 15.5. The standard InChI is InChI=1S/C21H36N2O/c1-2-3-4-5-6-7-8-9-10-11-12-16-19-22-21(24)23-20-17-14-13-15-18-20/h13-15,17-18H,2-12,16,19H2,1H3,(H2,22,23,24). The third-order valence-electron chi connectivity index (χ3n) is 4.35. The first-order valence-corrected chi connectivity index (χ1v) is 9.93. The van der Waals surface area contributed by atoms with Gasteiger partial charge in [-0.15, -0.1) is 0 Å². The molecule has 0 saturated heterocycles. The normalized spacial score (nSPS) is 10.5. The van der Waals surface area contributed by atoms with Crippen LogP contribution in [-0.4, -0.2) is 12.6 Å². The van der Waals surface area contributed by atoms with Crippen LogP contribution in [0.3, 0.4) is 0 Å². The van der Waals surface area contributed by atoms with E-state index in [2.05, 4.69) is 17.6 Å². The number of hydrogen-bond donors (Lipinski definition) is 2. The molecule has 2 amide bonds. The zero-order chi connectivity index (χ0) is 17.3. The van der Waals surface area contributed by atoms with E-state index in [9.17, 15) is 4.79 Å². The molecule has 0 fully saturated rings. The lowest BCUT2D eigenvalue weighted by molar-refractivity contribution is 0.252. The predicted molar refractivity (Wildman–Crippen MR) is 105 cm³/mol. The van der Waals surface area contributed by atoms with E-state index in [1.54, 1.807) is 0 Å². The molecule has 0 unspecified atom stereocenters. The molecule has 3 heteroatoms. The number of nitrogens with one attached hydrogen (secondary N) is 2. The van der Waals surface area contributed by atoms with Crippen molar-refractivity contribution < 1.29 is 4.79 Å². The highest BCUT2D eigenvalue weighted by Gasteiger charge is 1.99. The van der Waals surface area contributed by atoms with E-state index >= 15 is 0 Å². The Kier molecular flexibility index (Phi) is 12.9. The second kappa shape index (κ2) is 15.0. The maximum absolute atomic E-state index is 11.7. The highest BCUT2D eigenvalue weighted by molar-refractivity contribution is 5.89. The molecule has 1 aromatic carbocycles. The van der Waals surface area contributed by atoms with Gasteiger partial charge in [-0.25, -0.2) is 4.79 Å². The van der Waals surface area contributed by atoms with Gasteiger partial charge >= 0.3 is 6.03 Å². The van der Waals surface area contributed by atoms with E-state index in [-0.39, 0.29) is 6.03 Å². The lowest BCUT2D eigenvalue weighted by atomic mass is 10.1. The quantitative estimate of drug-likeness (QED) is 0.375. The number of benzene rings is 1. The molecule has 1 rings (SSSR count). The van der Waals surface area contributed by atoms with Crippen molar-refractivity contribution in [2.45, 2.75) is 84.0 Å². The van der Waals surface area contributed by atoms with Crippen molar-refractivity contribution in [3.05, 3.63) is 30.3 Å². The van der Waals surface area contributed by atoms with E-state index in [1.807, 2.05) is 30.3 Å². The minimum atomic E-state index is -0.107. The second-order valence-corrected chi connectivity index (χ2v) is 6.64. The molecule has 2 N–H and O–H groups in total. The predicted octanol–water partition coefficient (Wildman–Crippen LogP) is 6.51. The van der Waals surface area contributed by atoms with Gasteiger partial charge in [0, 0.05) is 12.2 Å². The molecule has 0 radical (unpaired) electrons. The van der Waals surface area contributed by atoms with Gasteiger partial charge in [0.15, 0.2) is 0 Å². The van der Waals surface area contributed by atoms with Crippen LogP contribution in [0.4, 0.5) is 10.5 Å². The summed E-state index contributed by atoms with van der Waals surface area (Å²) in [4.78, 5) is 11.7. The summed E-state index contributed by atoms with van der Waals surface area (Å²) in [7, 11) is 0. The van der Waals surface area contributed by atoms with Gasteiger partial charge in [-0.2, -0.15) is 0 Å². The molecule has 0 atom stereocenters. The van der Waals surface area contributed by atoms with Gasteiger partial charge in [0.05, 0.1) is 0 Å². The topological polar surface area (TPSA) is 41.1 Å². The Balaban J connectivity index is 1.81. The van der Waals surface area contributed by atoms with Crippen molar-refractivity contribution in [2.75, 3.05) is 11.9 Å². The van der Waals surface area contributed by atoms with Gasteiger partial charge in [-0.3, -0.25) is 0 Å². The van der Waals surface area contributed by atoms with E-state index in [1.165, 1.54) is 70.6 Å². The van der Waals surface area contributed by atoms with Crippen molar-refractivity contribution in [2.24, 2.45) is 0 Å². The third kappa shape index (κ3) is 12.0. The monoisotopic (exact) mass is 332 g/mol. The SMILES string of the molecule is CCCCCCCCCCCCCCNC(=O)Nc1ccccc1. The van der Waals surface area contributed by atoms with Gasteiger partial charge < -0.3 is 10.6 Å². The van der Waals surface area contributed by atoms with Crippen molar-refractivity contribution in [3.8, 4) is 0 Å². The summed E-state index contributed by atoms with van der Waals surface area (Å²) >= 11 is 0. The molecule has 0 aliphatic rings. The molecule has 1 aromatic rings. The molecular formula is C21H36N2O. The van der Waals surface area contributed by atoms with Crippen LogP contribution in [-0.2, 0) is 0 Å². The van der Waals surface area contributed by atoms with Gasteiger partial charge in [0.1, 0.15) is 0 Å². The van der Waals surface area contributed by atoms with Crippen LogP contribution in [0.1, 0.15) is 84.0 Å². The molecule has 0 heterocycles. The number of para-hydroxylation sites is 1. The third-order valence-corrected chi connectivity index (χ3v) is 4.35. The number of hydrogen-bond acceptors (Lipinski definition) is 1. The first kappa shape index (κ1) is 20.5. The Hall–Kier alpha value is -1.51. The van der Waals surface area contributed by atoms with E-state index < -0.39 is 0 Å². The van der Waals surface area contributed by atoms with Crippen molar-refractivity contribution in [3.63, 3.8) is 0 Å². The van der Waals surface area contributed by atoms with Crippen LogP contribution >= 0.6 is 0 Å².